The first-order chi connectivity index (χ1) is 14.1. The van der Waals surface area contributed by atoms with Crippen LogP contribution in [0.15, 0.2) is 78.0 Å². The minimum atomic E-state index is -0.0512. The lowest BCUT2D eigenvalue weighted by Crippen LogP contribution is -2.29. The highest BCUT2D eigenvalue weighted by molar-refractivity contribution is 8.00. The molecule has 1 amide bonds. The number of hydrogen-bond acceptors (Lipinski definition) is 6. The van der Waals surface area contributed by atoms with Crippen molar-refractivity contribution in [3.63, 3.8) is 0 Å². The molecule has 0 spiro atoms. The average Bonchev–Trinajstić information content (AvgIpc) is 2.74. The van der Waals surface area contributed by atoms with Gasteiger partial charge in [0.05, 0.1) is 0 Å². The zero-order chi connectivity index (χ0) is 20.5. The van der Waals surface area contributed by atoms with Gasteiger partial charge in [-0.1, -0.05) is 6.07 Å². The van der Waals surface area contributed by atoms with Gasteiger partial charge >= 0.3 is 0 Å². The minimum absolute atomic E-state index is 0.0512. The van der Waals surface area contributed by atoms with Crippen LogP contribution in [-0.2, 0) is 6.54 Å². The molecule has 0 fully saturated rings. The number of aromatic nitrogens is 1. The van der Waals surface area contributed by atoms with Gasteiger partial charge in [-0.3, -0.25) is 9.78 Å². The number of carbonyl (C=O) groups excluding carboxylic acids is 1. The lowest BCUT2D eigenvalue weighted by molar-refractivity contribution is 0.0943. The molecule has 1 heterocycles. The van der Waals surface area contributed by atoms with E-state index in [1.807, 2.05) is 80.7 Å². The second-order valence-electron chi connectivity index (χ2n) is 6.77. The van der Waals surface area contributed by atoms with E-state index in [0.29, 0.717) is 12.1 Å². The third-order valence-electron chi connectivity index (χ3n) is 3.96. The number of pyridine rings is 1. The Labute approximate surface area is 175 Å². The van der Waals surface area contributed by atoms with Crippen LogP contribution in [0.4, 0.5) is 11.4 Å². The molecular formula is C22H25N5OS. The van der Waals surface area contributed by atoms with E-state index < -0.39 is 0 Å². The highest BCUT2D eigenvalue weighted by Gasteiger charge is 2.06. The van der Waals surface area contributed by atoms with Crippen molar-refractivity contribution in [2.75, 3.05) is 10.1 Å². The van der Waals surface area contributed by atoms with Crippen molar-refractivity contribution in [2.45, 2.75) is 31.3 Å². The summed E-state index contributed by atoms with van der Waals surface area (Å²) in [6.07, 6.45) is 3.60. The monoisotopic (exact) mass is 407 g/mol. The van der Waals surface area contributed by atoms with E-state index in [-0.39, 0.29) is 11.9 Å². The number of nitrogens with zero attached hydrogens (tertiary/aromatic N) is 1. The number of benzene rings is 2. The number of carbonyl (C=O) groups is 1. The Morgan fingerprint density at radius 2 is 1.72 bits per heavy atom. The second-order valence-corrected chi connectivity index (χ2v) is 7.65. The summed E-state index contributed by atoms with van der Waals surface area (Å²) in [6.45, 7) is 4.59. The summed E-state index contributed by atoms with van der Waals surface area (Å²) >= 11 is 1.50. The predicted octanol–water partition coefficient (Wildman–Crippen LogP) is 4.46. The van der Waals surface area contributed by atoms with Gasteiger partial charge in [0, 0.05) is 46.8 Å². The van der Waals surface area contributed by atoms with Crippen LogP contribution in [0.25, 0.3) is 0 Å². The maximum Gasteiger partial charge on any atom is 0.251 e. The maximum atomic E-state index is 12.0. The molecule has 29 heavy (non-hydrogen) atoms. The predicted molar refractivity (Wildman–Crippen MR) is 120 cm³/mol. The van der Waals surface area contributed by atoms with E-state index in [9.17, 15) is 4.79 Å². The van der Waals surface area contributed by atoms with Gasteiger partial charge in [0.1, 0.15) is 0 Å². The smallest absolute Gasteiger partial charge is 0.251 e. The van der Waals surface area contributed by atoms with Crippen LogP contribution in [0.5, 0.6) is 0 Å². The fourth-order valence-corrected chi connectivity index (χ4v) is 3.15. The van der Waals surface area contributed by atoms with E-state index in [2.05, 4.69) is 25.9 Å². The van der Waals surface area contributed by atoms with Crippen molar-refractivity contribution in [2.24, 2.45) is 0 Å². The molecule has 150 valence electrons. The number of hydrazine groups is 1. The van der Waals surface area contributed by atoms with Crippen LogP contribution in [0.1, 0.15) is 29.8 Å². The first-order valence-corrected chi connectivity index (χ1v) is 10.2. The molecule has 6 nitrogen and oxygen atoms in total. The first-order valence-electron chi connectivity index (χ1n) is 9.42. The number of hydrogen-bond donors (Lipinski definition) is 4. The van der Waals surface area contributed by atoms with Crippen LogP contribution in [0, 0.1) is 0 Å². The number of amides is 1. The molecule has 0 radical (unpaired) electrons. The average molecular weight is 408 g/mol. The van der Waals surface area contributed by atoms with Gasteiger partial charge in [-0.2, -0.15) is 0 Å². The summed E-state index contributed by atoms with van der Waals surface area (Å²) < 4.78 is 3.31. The van der Waals surface area contributed by atoms with Gasteiger partial charge in [-0.15, -0.1) is 0 Å². The third kappa shape index (κ3) is 6.81. The van der Waals surface area contributed by atoms with E-state index in [4.69, 9.17) is 0 Å². The third-order valence-corrected chi connectivity index (χ3v) is 4.80. The molecule has 0 aliphatic carbocycles. The molecule has 0 atom stereocenters. The van der Waals surface area contributed by atoms with Crippen LogP contribution < -0.4 is 20.9 Å². The van der Waals surface area contributed by atoms with Gasteiger partial charge in [0.25, 0.3) is 5.91 Å². The van der Waals surface area contributed by atoms with E-state index in [1.54, 1.807) is 6.20 Å². The maximum absolute atomic E-state index is 12.0. The Morgan fingerprint density at radius 3 is 2.38 bits per heavy atom. The molecule has 0 saturated carbocycles. The largest absolute Gasteiger partial charge is 0.350 e. The van der Waals surface area contributed by atoms with Crippen LogP contribution in [-0.4, -0.2) is 16.9 Å². The molecule has 0 saturated heterocycles. The molecule has 0 aliphatic heterocycles. The zero-order valence-corrected chi connectivity index (χ0v) is 17.3. The summed E-state index contributed by atoms with van der Waals surface area (Å²) in [5.41, 5.74) is 10.1. The Morgan fingerprint density at radius 1 is 1.00 bits per heavy atom. The fraction of sp³-hybridized carbons (Fsp3) is 0.182. The van der Waals surface area contributed by atoms with Crippen molar-refractivity contribution >= 4 is 29.2 Å². The Balaban J connectivity index is 1.44. The normalized spacial score (nSPS) is 10.6. The van der Waals surface area contributed by atoms with Gasteiger partial charge in [-0.25, -0.2) is 5.43 Å². The van der Waals surface area contributed by atoms with E-state index in [0.717, 1.165) is 21.8 Å². The summed E-state index contributed by atoms with van der Waals surface area (Å²) in [5.74, 6) is -0.0512. The van der Waals surface area contributed by atoms with Crippen LogP contribution in [0.2, 0.25) is 0 Å². The molecule has 0 unspecified atom stereocenters. The fourth-order valence-electron chi connectivity index (χ4n) is 2.51. The van der Waals surface area contributed by atoms with Gasteiger partial charge in [-0.05, 0) is 86.0 Å². The van der Waals surface area contributed by atoms with Crippen molar-refractivity contribution in [1.29, 1.82) is 0 Å². The van der Waals surface area contributed by atoms with Crippen molar-refractivity contribution in [3.8, 4) is 0 Å². The second kappa shape index (κ2) is 10.5. The first kappa shape index (κ1) is 20.7. The molecule has 2 aromatic carbocycles. The molecule has 0 aliphatic rings. The Bertz CT molecular complexity index is 899. The van der Waals surface area contributed by atoms with Crippen molar-refractivity contribution in [1.82, 2.24) is 15.7 Å². The molecular weight excluding hydrogens is 382 g/mol. The molecule has 4 N–H and O–H groups in total. The van der Waals surface area contributed by atoms with Crippen LogP contribution in [0.3, 0.4) is 0 Å². The van der Waals surface area contributed by atoms with Crippen molar-refractivity contribution in [3.05, 3.63) is 84.2 Å². The quantitative estimate of drug-likeness (QED) is 0.310. The zero-order valence-electron chi connectivity index (χ0n) is 16.5. The standard InChI is InChI=1S/C22H25N5OS/c1-16(2)25-22(28)18-5-11-21(12-6-18)29-27-20-9-7-19(8-10-20)26-24-15-17-4-3-13-23-14-17/h3-14,16,24,26-27H,15H2,1-2H3,(H,25,28). The Hall–Kier alpha value is -3.03. The SMILES string of the molecule is CC(C)NC(=O)c1ccc(SNc2ccc(NNCc3cccnc3)cc2)cc1. The van der Waals surface area contributed by atoms with E-state index >= 15 is 0 Å². The minimum Gasteiger partial charge on any atom is -0.350 e. The van der Waals surface area contributed by atoms with Gasteiger partial charge in [0.15, 0.2) is 0 Å². The van der Waals surface area contributed by atoms with Gasteiger partial charge < -0.3 is 15.5 Å². The molecule has 7 heteroatoms. The highest BCUT2D eigenvalue weighted by Crippen LogP contribution is 2.22. The number of anilines is 2. The molecule has 3 aromatic rings. The molecule has 0 bridgehead atoms. The lowest BCUT2D eigenvalue weighted by Gasteiger charge is -2.11. The van der Waals surface area contributed by atoms with Crippen molar-refractivity contribution < 1.29 is 4.79 Å². The summed E-state index contributed by atoms with van der Waals surface area (Å²) in [5, 5.41) is 2.89. The topological polar surface area (TPSA) is 78.1 Å². The Kier molecular flexibility index (Phi) is 7.49. The summed E-state index contributed by atoms with van der Waals surface area (Å²) in [7, 11) is 0. The molecule has 3 rings (SSSR count). The van der Waals surface area contributed by atoms with E-state index in [1.165, 1.54) is 11.9 Å². The van der Waals surface area contributed by atoms with Gasteiger partial charge in [0.2, 0.25) is 0 Å². The highest BCUT2D eigenvalue weighted by atomic mass is 32.2. The molecule has 1 aromatic heterocycles. The van der Waals surface area contributed by atoms with Crippen LogP contribution >= 0.6 is 11.9 Å². The number of nitrogens with one attached hydrogen (secondary N) is 4. The number of rotatable bonds is 9. The summed E-state index contributed by atoms with van der Waals surface area (Å²) in [6, 6.07) is 19.6. The summed E-state index contributed by atoms with van der Waals surface area (Å²) in [4.78, 5) is 17.1. The lowest BCUT2D eigenvalue weighted by atomic mass is 10.2.